The maximum absolute atomic E-state index is 12.9. The molecule has 1 aromatic carbocycles. The van der Waals surface area contributed by atoms with E-state index in [2.05, 4.69) is 4.99 Å². The van der Waals surface area contributed by atoms with Gasteiger partial charge in [-0.2, -0.15) is 21.1 Å². The summed E-state index contributed by atoms with van der Waals surface area (Å²) < 4.78 is 33.0. The molecule has 0 saturated carbocycles. The zero-order chi connectivity index (χ0) is 21.9. The van der Waals surface area contributed by atoms with Crippen LogP contribution in [0.3, 0.4) is 0 Å². The molecule has 11 heteroatoms. The molecule has 1 aliphatic rings. The fraction of sp³-hybridized carbons (Fsp3) is 0.526. The molecule has 0 radical (unpaired) electrons. The van der Waals surface area contributed by atoms with Gasteiger partial charge in [-0.3, -0.25) is 4.79 Å². The molecular formula is C19H25N3O5S3. The van der Waals surface area contributed by atoms with Gasteiger partial charge in [0.05, 0.1) is 28.6 Å². The number of esters is 1. The number of carbonyl (C=O) groups is 2. The molecule has 0 aliphatic carbocycles. The molecule has 1 aromatic heterocycles. The van der Waals surface area contributed by atoms with Gasteiger partial charge in [0.25, 0.3) is 5.91 Å². The van der Waals surface area contributed by atoms with Gasteiger partial charge >= 0.3 is 5.97 Å². The van der Waals surface area contributed by atoms with Crippen molar-refractivity contribution in [2.45, 2.75) is 32.4 Å². The van der Waals surface area contributed by atoms with E-state index in [0.29, 0.717) is 42.9 Å². The highest BCUT2D eigenvalue weighted by Gasteiger charge is 2.36. The third-order valence-electron chi connectivity index (χ3n) is 4.83. The minimum Gasteiger partial charge on any atom is -0.462 e. The molecule has 1 fully saturated rings. The van der Waals surface area contributed by atoms with Gasteiger partial charge in [0.15, 0.2) is 4.80 Å². The average Bonchev–Trinajstić information content (AvgIpc) is 3.31. The van der Waals surface area contributed by atoms with Crippen LogP contribution in [0.5, 0.6) is 0 Å². The van der Waals surface area contributed by atoms with Crippen molar-refractivity contribution < 1.29 is 22.7 Å². The van der Waals surface area contributed by atoms with Crippen molar-refractivity contribution >= 4 is 55.2 Å². The van der Waals surface area contributed by atoms with Crippen molar-refractivity contribution in [2.75, 3.05) is 31.4 Å². The second kappa shape index (κ2) is 9.63. The van der Waals surface area contributed by atoms with E-state index < -0.39 is 27.9 Å². The zero-order valence-electron chi connectivity index (χ0n) is 17.2. The van der Waals surface area contributed by atoms with Crippen molar-refractivity contribution in [1.29, 1.82) is 0 Å². The molecule has 1 saturated heterocycles. The van der Waals surface area contributed by atoms with E-state index in [9.17, 15) is 18.0 Å². The largest absolute Gasteiger partial charge is 0.462 e. The maximum Gasteiger partial charge on any atom is 0.338 e. The number of thioether (sulfide) groups is 1. The second-order valence-electron chi connectivity index (χ2n) is 6.91. The van der Waals surface area contributed by atoms with Crippen molar-refractivity contribution in [3.63, 3.8) is 0 Å². The lowest BCUT2D eigenvalue weighted by Crippen LogP contribution is -2.40. The van der Waals surface area contributed by atoms with E-state index >= 15 is 0 Å². The molecule has 0 spiro atoms. The first-order valence-electron chi connectivity index (χ1n) is 9.61. The van der Waals surface area contributed by atoms with E-state index in [4.69, 9.17) is 4.74 Å². The predicted octanol–water partition coefficient (Wildman–Crippen LogP) is 2.09. The highest BCUT2D eigenvalue weighted by molar-refractivity contribution is 7.98. The zero-order valence-corrected chi connectivity index (χ0v) is 19.6. The summed E-state index contributed by atoms with van der Waals surface area (Å²) in [4.78, 5) is 29.8. The molecule has 1 unspecified atom stereocenters. The molecule has 1 amide bonds. The number of nitrogens with zero attached hydrogens (tertiary/aromatic N) is 3. The molecule has 2 heterocycles. The normalized spacial score (nSPS) is 18.2. The lowest BCUT2D eigenvalue weighted by molar-refractivity contribution is -0.121. The third-order valence-corrected chi connectivity index (χ3v) is 7.75. The summed E-state index contributed by atoms with van der Waals surface area (Å²) in [7, 11) is -3.46. The smallest absolute Gasteiger partial charge is 0.338 e. The van der Waals surface area contributed by atoms with Crippen LogP contribution in [-0.2, 0) is 26.1 Å². The molecule has 0 bridgehead atoms. The molecular weight excluding hydrogens is 446 g/mol. The number of hydrogen-bond acceptors (Lipinski definition) is 7. The molecule has 0 N–H and O–H groups in total. The number of rotatable bonds is 7. The Morgan fingerprint density at radius 3 is 2.80 bits per heavy atom. The van der Waals surface area contributed by atoms with Crippen molar-refractivity contribution in [3.05, 3.63) is 28.6 Å². The number of amides is 1. The molecule has 1 aliphatic heterocycles. The molecule has 30 heavy (non-hydrogen) atoms. The SMILES string of the molecule is CCOC(=O)c1ccc2c(c1)sc(=NC(=O)C1CCCN1S(C)(=O)=O)n2CCSC. The van der Waals surface area contributed by atoms with Crippen molar-refractivity contribution in [2.24, 2.45) is 4.99 Å². The summed E-state index contributed by atoms with van der Waals surface area (Å²) in [5, 5.41) is 0. The Balaban J connectivity index is 2.04. The summed E-state index contributed by atoms with van der Waals surface area (Å²) in [6.45, 7) is 3.03. The van der Waals surface area contributed by atoms with Crippen LogP contribution < -0.4 is 4.80 Å². The first-order chi connectivity index (χ1) is 14.3. The summed E-state index contributed by atoms with van der Waals surface area (Å²) in [5.41, 5.74) is 1.32. The van der Waals surface area contributed by atoms with Gasteiger partial charge < -0.3 is 9.30 Å². The Morgan fingerprint density at radius 2 is 2.13 bits per heavy atom. The van der Waals surface area contributed by atoms with E-state index in [1.54, 1.807) is 30.8 Å². The summed E-state index contributed by atoms with van der Waals surface area (Å²) in [6.07, 6.45) is 4.23. The number of aromatic nitrogens is 1. The topological polar surface area (TPSA) is 98.0 Å². The number of aryl methyl sites for hydroxylation is 1. The number of carbonyl (C=O) groups excluding carboxylic acids is 2. The summed E-state index contributed by atoms with van der Waals surface area (Å²) in [6, 6.07) is 4.53. The van der Waals surface area contributed by atoms with E-state index in [0.717, 1.165) is 22.2 Å². The third kappa shape index (κ3) is 4.96. The fourth-order valence-electron chi connectivity index (χ4n) is 3.45. The van der Waals surface area contributed by atoms with Crippen LogP contribution in [0.15, 0.2) is 23.2 Å². The van der Waals surface area contributed by atoms with Gasteiger partial charge in [-0.1, -0.05) is 11.3 Å². The Morgan fingerprint density at radius 1 is 1.37 bits per heavy atom. The van der Waals surface area contributed by atoms with Crippen LogP contribution in [0.2, 0.25) is 0 Å². The first-order valence-corrected chi connectivity index (χ1v) is 13.7. The number of sulfonamides is 1. The number of thiazole rings is 1. The van der Waals surface area contributed by atoms with Crippen LogP contribution in [0, 0.1) is 0 Å². The number of hydrogen-bond donors (Lipinski definition) is 0. The number of ether oxygens (including phenoxy) is 1. The van der Waals surface area contributed by atoms with Gasteiger partial charge in [-0.25, -0.2) is 13.2 Å². The Labute approximate surface area is 184 Å². The monoisotopic (exact) mass is 471 g/mol. The van der Waals surface area contributed by atoms with E-state index in [1.807, 2.05) is 16.9 Å². The van der Waals surface area contributed by atoms with Gasteiger partial charge in [0.2, 0.25) is 10.0 Å². The predicted molar refractivity (Wildman–Crippen MR) is 119 cm³/mol. The minimum absolute atomic E-state index is 0.294. The van der Waals surface area contributed by atoms with Crippen LogP contribution in [-0.4, -0.2) is 66.6 Å². The van der Waals surface area contributed by atoms with Gasteiger partial charge in [-0.05, 0) is 44.2 Å². The maximum atomic E-state index is 12.9. The summed E-state index contributed by atoms with van der Waals surface area (Å²) >= 11 is 2.99. The van der Waals surface area contributed by atoms with Gasteiger partial charge in [0.1, 0.15) is 6.04 Å². The lowest BCUT2D eigenvalue weighted by Gasteiger charge is -2.18. The van der Waals surface area contributed by atoms with E-state index in [1.165, 1.54) is 15.6 Å². The summed E-state index contributed by atoms with van der Waals surface area (Å²) in [5.74, 6) is -0.0214. The molecule has 1 atom stereocenters. The van der Waals surface area contributed by atoms with E-state index in [-0.39, 0.29) is 0 Å². The highest BCUT2D eigenvalue weighted by atomic mass is 32.2. The van der Waals surface area contributed by atoms with Crippen LogP contribution >= 0.6 is 23.1 Å². The molecule has 8 nitrogen and oxygen atoms in total. The Bertz CT molecular complexity index is 1120. The van der Waals surface area contributed by atoms with Gasteiger partial charge in [0, 0.05) is 18.8 Å². The Kier molecular flexibility index (Phi) is 7.38. The number of benzene rings is 1. The van der Waals surface area contributed by atoms with Crippen LogP contribution in [0.1, 0.15) is 30.1 Å². The molecule has 3 rings (SSSR count). The lowest BCUT2D eigenvalue weighted by atomic mass is 10.2. The quantitative estimate of drug-likeness (QED) is 0.574. The first kappa shape index (κ1) is 23.0. The standard InChI is InChI=1S/C19H25N3O5S3/c1-4-27-18(24)13-7-8-14-16(12-13)29-19(21(14)10-11-28-2)20-17(23)15-6-5-9-22(15)30(3,25)26/h7-8,12,15H,4-6,9-11H2,1-3H3. The highest BCUT2D eigenvalue weighted by Crippen LogP contribution is 2.23. The molecule has 2 aromatic rings. The van der Waals surface area contributed by atoms with Crippen molar-refractivity contribution in [3.8, 4) is 0 Å². The van der Waals surface area contributed by atoms with Crippen LogP contribution in [0.4, 0.5) is 0 Å². The molecule has 164 valence electrons. The average molecular weight is 472 g/mol. The Hall–Kier alpha value is -1.69. The number of fused-ring (bicyclic) bond motifs is 1. The minimum atomic E-state index is -3.46. The van der Waals surface area contributed by atoms with Crippen LogP contribution in [0.25, 0.3) is 10.2 Å². The second-order valence-corrected chi connectivity index (χ2v) is 10.8. The fourth-order valence-corrected chi connectivity index (χ4v) is 6.04. The van der Waals surface area contributed by atoms with Crippen molar-refractivity contribution in [1.82, 2.24) is 8.87 Å². The van der Waals surface area contributed by atoms with Gasteiger partial charge in [-0.15, -0.1) is 0 Å².